The highest BCUT2D eigenvalue weighted by Gasteiger charge is 2.33. The van der Waals surface area contributed by atoms with Gasteiger partial charge < -0.3 is 10.1 Å². The number of aromatic nitrogens is 1. The minimum atomic E-state index is -0.250. The van der Waals surface area contributed by atoms with E-state index in [0.29, 0.717) is 13.2 Å². The SMILES string of the molecule is Cc1cnccc1C1CNCCN1C(=O)OCC1c2ccccc2-c2ccccc21. The Bertz CT molecular complexity index is 1040. The Morgan fingerprint density at radius 3 is 2.47 bits per heavy atom. The van der Waals surface area contributed by atoms with Crippen molar-refractivity contribution in [3.63, 3.8) is 0 Å². The maximum atomic E-state index is 13.1. The number of amides is 1. The summed E-state index contributed by atoms with van der Waals surface area (Å²) in [5.74, 6) is 0.0744. The van der Waals surface area contributed by atoms with Crippen LogP contribution in [0.5, 0.6) is 0 Å². The topological polar surface area (TPSA) is 54.5 Å². The van der Waals surface area contributed by atoms with E-state index in [9.17, 15) is 4.79 Å². The monoisotopic (exact) mass is 399 g/mol. The molecule has 1 fully saturated rings. The molecule has 2 heterocycles. The zero-order valence-electron chi connectivity index (χ0n) is 17.0. The van der Waals surface area contributed by atoms with E-state index >= 15 is 0 Å². The molecule has 1 unspecified atom stereocenters. The molecule has 0 saturated carbocycles. The zero-order chi connectivity index (χ0) is 20.5. The van der Waals surface area contributed by atoms with Crippen molar-refractivity contribution in [2.75, 3.05) is 26.2 Å². The van der Waals surface area contributed by atoms with Gasteiger partial charge in [0, 0.05) is 37.9 Å². The molecule has 152 valence electrons. The largest absolute Gasteiger partial charge is 0.448 e. The van der Waals surface area contributed by atoms with E-state index in [1.54, 1.807) is 6.20 Å². The van der Waals surface area contributed by atoms with Crippen molar-refractivity contribution in [3.8, 4) is 11.1 Å². The Morgan fingerprint density at radius 2 is 1.77 bits per heavy atom. The average Bonchev–Trinajstić information content (AvgIpc) is 3.12. The van der Waals surface area contributed by atoms with E-state index < -0.39 is 0 Å². The molecule has 2 aromatic carbocycles. The molecule has 1 aliphatic carbocycles. The van der Waals surface area contributed by atoms with Gasteiger partial charge in [0.2, 0.25) is 0 Å². The molecule has 1 N–H and O–H groups in total. The molecule has 5 nitrogen and oxygen atoms in total. The second kappa shape index (κ2) is 7.92. The Morgan fingerprint density at radius 1 is 1.07 bits per heavy atom. The van der Waals surface area contributed by atoms with Gasteiger partial charge in [-0.3, -0.25) is 9.88 Å². The van der Waals surface area contributed by atoms with Crippen molar-refractivity contribution in [2.45, 2.75) is 18.9 Å². The van der Waals surface area contributed by atoms with Crippen molar-refractivity contribution in [2.24, 2.45) is 0 Å². The molecule has 0 spiro atoms. The number of ether oxygens (including phenoxy) is 1. The van der Waals surface area contributed by atoms with Crippen LogP contribution in [0.25, 0.3) is 11.1 Å². The van der Waals surface area contributed by atoms with Gasteiger partial charge in [-0.25, -0.2) is 4.79 Å². The Labute approximate surface area is 176 Å². The molecule has 1 aromatic heterocycles. The normalized spacial score (nSPS) is 18.0. The number of pyridine rings is 1. The third-order valence-electron chi connectivity index (χ3n) is 6.24. The summed E-state index contributed by atoms with van der Waals surface area (Å²) in [6, 6.07) is 18.8. The summed E-state index contributed by atoms with van der Waals surface area (Å²) in [4.78, 5) is 19.2. The third kappa shape index (κ3) is 3.25. The van der Waals surface area contributed by atoms with Crippen LogP contribution in [-0.4, -0.2) is 42.2 Å². The van der Waals surface area contributed by atoms with Crippen LogP contribution < -0.4 is 5.32 Å². The molecular weight excluding hydrogens is 374 g/mol. The first-order valence-electron chi connectivity index (χ1n) is 10.5. The fraction of sp³-hybridized carbons (Fsp3) is 0.280. The number of nitrogens with zero attached hydrogens (tertiary/aromatic N) is 2. The highest BCUT2D eigenvalue weighted by Crippen LogP contribution is 2.44. The zero-order valence-corrected chi connectivity index (χ0v) is 17.0. The number of piperazine rings is 1. The van der Waals surface area contributed by atoms with Gasteiger partial charge in [0.15, 0.2) is 0 Å². The summed E-state index contributed by atoms with van der Waals surface area (Å²) in [6.07, 6.45) is 3.38. The van der Waals surface area contributed by atoms with E-state index in [2.05, 4.69) is 58.8 Å². The molecule has 2 aliphatic rings. The molecule has 5 rings (SSSR count). The van der Waals surface area contributed by atoms with Crippen LogP contribution in [0.4, 0.5) is 4.79 Å². The molecule has 1 aliphatic heterocycles. The van der Waals surface area contributed by atoms with Crippen molar-refractivity contribution >= 4 is 6.09 Å². The maximum absolute atomic E-state index is 13.1. The summed E-state index contributed by atoms with van der Waals surface area (Å²) in [5.41, 5.74) is 7.14. The molecular formula is C25H25N3O2. The predicted octanol–water partition coefficient (Wildman–Crippen LogP) is 4.29. The van der Waals surface area contributed by atoms with Gasteiger partial charge in [-0.05, 0) is 46.4 Å². The van der Waals surface area contributed by atoms with E-state index in [1.807, 2.05) is 24.1 Å². The highest BCUT2D eigenvalue weighted by atomic mass is 16.6. The van der Waals surface area contributed by atoms with Crippen LogP contribution in [0.1, 0.15) is 34.2 Å². The van der Waals surface area contributed by atoms with Gasteiger partial charge in [-0.2, -0.15) is 0 Å². The van der Waals surface area contributed by atoms with Crippen LogP contribution in [0.3, 0.4) is 0 Å². The van der Waals surface area contributed by atoms with E-state index in [1.165, 1.54) is 22.3 Å². The number of hydrogen-bond donors (Lipinski definition) is 1. The minimum Gasteiger partial charge on any atom is -0.448 e. The van der Waals surface area contributed by atoms with Gasteiger partial charge in [0.05, 0.1) is 6.04 Å². The lowest BCUT2D eigenvalue weighted by Crippen LogP contribution is -2.49. The molecule has 5 heteroatoms. The Balaban J connectivity index is 1.36. The molecule has 1 atom stereocenters. The molecule has 0 radical (unpaired) electrons. The first kappa shape index (κ1) is 18.8. The quantitative estimate of drug-likeness (QED) is 0.714. The van der Waals surface area contributed by atoms with Crippen LogP contribution in [0.15, 0.2) is 67.0 Å². The van der Waals surface area contributed by atoms with Gasteiger partial charge in [-0.1, -0.05) is 48.5 Å². The second-order valence-corrected chi connectivity index (χ2v) is 7.95. The number of benzene rings is 2. The molecule has 3 aromatic rings. The summed E-state index contributed by atoms with van der Waals surface area (Å²) in [7, 11) is 0. The fourth-order valence-corrected chi connectivity index (χ4v) is 4.74. The Hall–Kier alpha value is -3.18. The number of fused-ring (bicyclic) bond motifs is 3. The summed E-state index contributed by atoms with van der Waals surface area (Å²) < 4.78 is 5.91. The number of hydrogen-bond acceptors (Lipinski definition) is 4. The fourth-order valence-electron chi connectivity index (χ4n) is 4.74. The molecule has 1 amide bonds. The van der Waals surface area contributed by atoms with Gasteiger partial charge in [0.25, 0.3) is 0 Å². The van der Waals surface area contributed by atoms with Crippen molar-refractivity contribution in [1.29, 1.82) is 0 Å². The molecule has 0 bridgehead atoms. The first-order valence-corrected chi connectivity index (χ1v) is 10.5. The van der Waals surface area contributed by atoms with E-state index in [-0.39, 0.29) is 18.1 Å². The average molecular weight is 399 g/mol. The van der Waals surface area contributed by atoms with Crippen molar-refractivity contribution < 1.29 is 9.53 Å². The Kier molecular flexibility index (Phi) is 4.97. The van der Waals surface area contributed by atoms with Crippen molar-refractivity contribution in [3.05, 3.63) is 89.2 Å². The second-order valence-electron chi connectivity index (χ2n) is 7.95. The number of carbonyl (C=O) groups excluding carboxylic acids is 1. The molecule has 1 saturated heterocycles. The van der Waals surface area contributed by atoms with Gasteiger partial charge in [0.1, 0.15) is 6.61 Å². The van der Waals surface area contributed by atoms with Crippen LogP contribution in [-0.2, 0) is 4.74 Å². The minimum absolute atomic E-state index is 0.0441. The smallest absolute Gasteiger partial charge is 0.410 e. The maximum Gasteiger partial charge on any atom is 0.410 e. The lowest BCUT2D eigenvalue weighted by Gasteiger charge is -2.36. The van der Waals surface area contributed by atoms with Crippen LogP contribution in [0.2, 0.25) is 0 Å². The van der Waals surface area contributed by atoms with E-state index in [4.69, 9.17) is 4.74 Å². The van der Waals surface area contributed by atoms with E-state index in [0.717, 1.165) is 24.2 Å². The van der Waals surface area contributed by atoms with Gasteiger partial charge >= 0.3 is 6.09 Å². The summed E-state index contributed by atoms with van der Waals surface area (Å²) in [5, 5.41) is 3.40. The number of nitrogens with one attached hydrogen (secondary N) is 1. The standard InChI is InChI=1S/C25H25N3O2/c1-17-14-26-11-10-18(17)24-15-27-12-13-28(24)25(29)30-16-23-21-8-4-2-6-19(21)20-7-3-5-9-22(20)23/h2-11,14,23-24,27H,12-13,15-16H2,1H3. The predicted molar refractivity (Wildman–Crippen MR) is 116 cm³/mol. The number of aryl methyl sites for hydroxylation is 1. The third-order valence-corrected chi connectivity index (χ3v) is 6.24. The van der Waals surface area contributed by atoms with Gasteiger partial charge in [-0.15, -0.1) is 0 Å². The van der Waals surface area contributed by atoms with Crippen LogP contribution in [0, 0.1) is 6.92 Å². The lowest BCUT2D eigenvalue weighted by atomic mass is 9.98. The number of carbonyl (C=O) groups is 1. The number of rotatable bonds is 3. The first-order chi connectivity index (χ1) is 14.7. The van der Waals surface area contributed by atoms with Crippen molar-refractivity contribution in [1.82, 2.24) is 15.2 Å². The highest BCUT2D eigenvalue weighted by molar-refractivity contribution is 5.79. The molecule has 30 heavy (non-hydrogen) atoms. The van der Waals surface area contributed by atoms with Crippen LogP contribution >= 0.6 is 0 Å². The summed E-state index contributed by atoms with van der Waals surface area (Å²) >= 11 is 0. The summed E-state index contributed by atoms with van der Waals surface area (Å²) in [6.45, 7) is 4.49. The lowest BCUT2D eigenvalue weighted by molar-refractivity contribution is 0.0751.